The van der Waals surface area contributed by atoms with Crippen LogP contribution < -0.4 is 5.56 Å². The lowest BCUT2D eigenvalue weighted by Gasteiger charge is -2.19. The number of carboxylic acid groups (broad SMARTS) is 1. The number of carboxylic acids is 1. The van der Waals surface area contributed by atoms with Gasteiger partial charge in [-0.3, -0.25) is 14.2 Å². The lowest BCUT2D eigenvalue weighted by atomic mass is 9.86. The second-order valence-electron chi connectivity index (χ2n) is 6.08. The van der Waals surface area contributed by atoms with E-state index in [1.807, 2.05) is 19.9 Å². The smallest absolute Gasteiger partial charge is 0.311 e. The van der Waals surface area contributed by atoms with Crippen molar-refractivity contribution in [2.75, 3.05) is 0 Å². The van der Waals surface area contributed by atoms with Crippen LogP contribution in [0.1, 0.15) is 54.8 Å². The van der Waals surface area contributed by atoms with Crippen LogP contribution in [0.25, 0.3) is 10.2 Å². The number of thiophene rings is 1. The third kappa shape index (κ3) is 2.43. The van der Waals surface area contributed by atoms with Gasteiger partial charge in [-0.15, -0.1) is 11.3 Å². The van der Waals surface area contributed by atoms with E-state index in [-0.39, 0.29) is 18.0 Å². The molecule has 0 saturated heterocycles. The molecule has 0 saturated carbocycles. The number of carbonyl (C=O) groups is 1. The van der Waals surface area contributed by atoms with Crippen LogP contribution in [0.2, 0.25) is 0 Å². The zero-order chi connectivity index (χ0) is 16.7. The largest absolute Gasteiger partial charge is 0.481 e. The van der Waals surface area contributed by atoms with E-state index in [1.54, 1.807) is 0 Å². The monoisotopic (exact) mass is 331 g/mol. The van der Waals surface area contributed by atoms with Gasteiger partial charge in [0.25, 0.3) is 5.56 Å². The van der Waals surface area contributed by atoms with Crippen LogP contribution in [0.15, 0.2) is 4.79 Å². The SMILES string of the molecule is CC(C)c1nc2sc3c(c2c(=O)n1CC#N)C(C(=O)O)CCC3. The lowest BCUT2D eigenvalue weighted by molar-refractivity contribution is -0.139. The quantitative estimate of drug-likeness (QED) is 0.932. The van der Waals surface area contributed by atoms with Crippen LogP contribution in [-0.4, -0.2) is 20.6 Å². The molecule has 1 N–H and O–H groups in total. The van der Waals surface area contributed by atoms with Crippen molar-refractivity contribution in [1.29, 1.82) is 5.26 Å². The molecule has 1 aliphatic carbocycles. The van der Waals surface area contributed by atoms with Gasteiger partial charge in [0.15, 0.2) is 0 Å². The van der Waals surface area contributed by atoms with E-state index in [4.69, 9.17) is 5.26 Å². The summed E-state index contributed by atoms with van der Waals surface area (Å²) in [6.07, 6.45) is 2.13. The van der Waals surface area contributed by atoms with Crippen molar-refractivity contribution in [2.24, 2.45) is 0 Å². The van der Waals surface area contributed by atoms with Gasteiger partial charge in [0.2, 0.25) is 0 Å². The van der Waals surface area contributed by atoms with E-state index in [0.29, 0.717) is 28.0 Å². The van der Waals surface area contributed by atoms with Crippen LogP contribution in [0.4, 0.5) is 0 Å². The summed E-state index contributed by atoms with van der Waals surface area (Å²) in [7, 11) is 0. The molecule has 6 nitrogen and oxygen atoms in total. The summed E-state index contributed by atoms with van der Waals surface area (Å²) in [6, 6.07) is 2.00. The molecular formula is C16H17N3O3S. The highest BCUT2D eigenvalue weighted by Gasteiger charge is 2.32. The molecule has 0 fully saturated rings. The fourth-order valence-electron chi connectivity index (χ4n) is 3.24. The molecule has 23 heavy (non-hydrogen) atoms. The number of nitriles is 1. The third-order valence-corrected chi connectivity index (χ3v) is 5.40. The van der Waals surface area contributed by atoms with Crippen molar-refractivity contribution >= 4 is 27.5 Å². The minimum atomic E-state index is -0.898. The number of aliphatic carboxylic acids is 1. The first kappa shape index (κ1) is 15.7. The average Bonchev–Trinajstić information content (AvgIpc) is 2.88. The van der Waals surface area contributed by atoms with E-state index < -0.39 is 11.9 Å². The Kier molecular flexibility index (Phi) is 3.94. The second kappa shape index (κ2) is 5.78. The van der Waals surface area contributed by atoms with Crippen molar-refractivity contribution in [3.8, 4) is 6.07 Å². The Morgan fingerprint density at radius 3 is 2.91 bits per heavy atom. The van der Waals surface area contributed by atoms with Crippen molar-refractivity contribution in [2.45, 2.75) is 51.5 Å². The van der Waals surface area contributed by atoms with Gasteiger partial charge in [-0.2, -0.15) is 5.26 Å². The Bertz CT molecular complexity index is 889. The number of nitrogens with zero attached hydrogens (tertiary/aromatic N) is 3. The summed E-state index contributed by atoms with van der Waals surface area (Å²) in [5.74, 6) is -0.961. The minimum absolute atomic E-state index is 0.00912. The first-order valence-electron chi connectivity index (χ1n) is 7.61. The first-order chi connectivity index (χ1) is 11.0. The van der Waals surface area contributed by atoms with Gasteiger partial charge in [-0.05, 0) is 24.8 Å². The molecule has 7 heteroatoms. The van der Waals surface area contributed by atoms with Crippen molar-refractivity contribution < 1.29 is 9.90 Å². The van der Waals surface area contributed by atoms with Crippen LogP contribution in [0.3, 0.4) is 0 Å². The molecule has 1 atom stereocenters. The maximum Gasteiger partial charge on any atom is 0.311 e. The topological polar surface area (TPSA) is 96.0 Å². The summed E-state index contributed by atoms with van der Waals surface area (Å²) < 4.78 is 1.38. The fraction of sp³-hybridized carbons (Fsp3) is 0.500. The predicted molar refractivity (Wildman–Crippen MR) is 86.9 cm³/mol. The number of rotatable bonds is 3. The number of hydrogen-bond donors (Lipinski definition) is 1. The van der Waals surface area contributed by atoms with Gasteiger partial charge in [-0.25, -0.2) is 4.98 Å². The highest BCUT2D eigenvalue weighted by atomic mass is 32.1. The predicted octanol–water partition coefficient (Wildman–Crippen LogP) is 2.61. The maximum atomic E-state index is 12.9. The van der Waals surface area contributed by atoms with Gasteiger partial charge in [0, 0.05) is 10.8 Å². The van der Waals surface area contributed by atoms with Crippen LogP contribution in [-0.2, 0) is 17.8 Å². The van der Waals surface area contributed by atoms with E-state index >= 15 is 0 Å². The highest BCUT2D eigenvalue weighted by Crippen LogP contribution is 2.40. The van der Waals surface area contributed by atoms with Crippen molar-refractivity contribution in [1.82, 2.24) is 9.55 Å². The zero-order valence-corrected chi connectivity index (χ0v) is 13.8. The van der Waals surface area contributed by atoms with E-state index in [1.165, 1.54) is 15.9 Å². The summed E-state index contributed by atoms with van der Waals surface area (Å²) in [6.45, 7) is 3.78. The molecule has 1 unspecified atom stereocenters. The van der Waals surface area contributed by atoms with E-state index in [2.05, 4.69) is 4.98 Å². The molecule has 0 radical (unpaired) electrons. The normalized spacial score (nSPS) is 17.2. The van der Waals surface area contributed by atoms with Crippen molar-refractivity contribution in [3.05, 3.63) is 26.6 Å². The molecule has 3 rings (SSSR count). The minimum Gasteiger partial charge on any atom is -0.481 e. The summed E-state index contributed by atoms with van der Waals surface area (Å²) >= 11 is 1.42. The molecule has 0 amide bonds. The average molecular weight is 331 g/mol. The van der Waals surface area contributed by atoms with Gasteiger partial charge < -0.3 is 5.11 Å². The Balaban J connectivity index is 2.38. The maximum absolute atomic E-state index is 12.9. The van der Waals surface area contributed by atoms with Gasteiger partial charge in [0.05, 0.1) is 17.4 Å². The third-order valence-electron chi connectivity index (χ3n) is 4.24. The summed E-state index contributed by atoms with van der Waals surface area (Å²) in [5, 5.41) is 18.9. The number of fused-ring (bicyclic) bond motifs is 3. The van der Waals surface area contributed by atoms with Gasteiger partial charge >= 0.3 is 5.97 Å². The fourth-order valence-corrected chi connectivity index (χ4v) is 4.52. The molecule has 0 aliphatic heterocycles. The second-order valence-corrected chi connectivity index (χ2v) is 7.16. The Hall–Kier alpha value is -2.20. The highest BCUT2D eigenvalue weighted by molar-refractivity contribution is 7.18. The van der Waals surface area contributed by atoms with E-state index in [9.17, 15) is 14.7 Å². The first-order valence-corrected chi connectivity index (χ1v) is 8.43. The van der Waals surface area contributed by atoms with Crippen LogP contribution in [0.5, 0.6) is 0 Å². The molecule has 0 bridgehead atoms. The Morgan fingerprint density at radius 2 is 2.30 bits per heavy atom. The molecule has 2 aromatic rings. The number of hydrogen-bond acceptors (Lipinski definition) is 5. The Morgan fingerprint density at radius 1 is 1.57 bits per heavy atom. The van der Waals surface area contributed by atoms with E-state index in [0.717, 1.165) is 17.7 Å². The standard InChI is InChI=1S/C16H17N3O3S/c1-8(2)13-18-14-12(15(20)19(13)7-6-17)11-9(16(21)22)4-3-5-10(11)23-14/h8-9H,3-5,7H2,1-2H3,(H,21,22). The summed E-state index contributed by atoms with van der Waals surface area (Å²) in [4.78, 5) is 30.7. The molecule has 1 aliphatic rings. The van der Waals surface area contributed by atoms with Gasteiger partial charge in [-0.1, -0.05) is 13.8 Å². The zero-order valence-electron chi connectivity index (χ0n) is 13.0. The molecule has 0 spiro atoms. The van der Waals surface area contributed by atoms with Gasteiger partial charge in [0.1, 0.15) is 17.2 Å². The molecule has 0 aromatic carbocycles. The van der Waals surface area contributed by atoms with Crippen LogP contribution >= 0.6 is 11.3 Å². The summed E-state index contributed by atoms with van der Waals surface area (Å²) in [5.41, 5.74) is 0.342. The molecular weight excluding hydrogens is 314 g/mol. The lowest BCUT2D eigenvalue weighted by Crippen LogP contribution is -2.27. The number of aromatic nitrogens is 2. The molecule has 120 valence electrons. The molecule has 2 aromatic heterocycles. The Labute approximate surface area is 137 Å². The van der Waals surface area contributed by atoms with Crippen molar-refractivity contribution in [3.63, 3.8) is 0 Å². The van der Waals surface area contributed by atoms with Crippen LogP contribution in [0, 0.1) is 11.3 Å². The number of aryl methyl sites for hydroxylation is 1. The molecule has 2 heterocycles.